The quantitative estimate of drug-likeness (QED) is 0.729. The molecule has 0 spiro atoms. The van der Waals surface area contributed by atoms with Crippen molar-refractivity contribution in [3.63, 3.8) is 0 Å². The van der Waals surface area contributed by atoms with Crippen molar-refractivity contribution in [2.45, 2.75) is 17.7 Å². The van der Waals surface area contributed by atoms with Gasteiger partial charge in [-0.1, -0.05) is 18.2 Å². The fourth-order valence-electron chi connectivity index (χ4n) is 3.32. The Morgan fingerprint density at radius 3 is 2.61 bits per heavy atom. The highest BCUT2D eigenvalue weighted by Gasteiger charge is 2.27. The van der Waals surface area contributed by atoms with Gasteiger partial charge in [-0.3, -0.25) is 9.78 Å². The lowest BCUT2D eigenvalue weighted by Gasteiger charge is -2.16. The minimum Gasteiger partial charge on any atom is -0.321 e. The van der Waals surface area contributed by atoms with E-state index in [0.29, 0.717) is 24.2 Å². The molecule has 3 aromatic rings. The number of hydrogen-bond donors (Lipinski definition) is 1. The fourth-order valence-corrected chi connectivity index (χ4v) is 4.88. The molecular formula is C20H18FN3O3S. The van der Waals surface area contributed by atoms with Crippen molar-refractivity contribution in [2.75, 3.05) is 18.4 Å². The van der Waals surface area contributed by atoms with E-state index in [1.54, 1.807) is 24.3 Å². The first-order chi connectivity index (χ1) is 13.5. The molecule has 4 rings (SSSR count). The van der Waals surface area contributed by atoms with Crippen molar-refractivity contribution in [2.24, 2.45) is 0 Å². The third-order valence-corrected chi connectivity index (χ3v) is 6.66. The molecule has 0 saturated carbocycles. The maximum absolute atomic E-state index is 13.9. The van der Waals surface area contributed by atoms with Gasteiger partial charge in [0, 0.05) is 30.2 Å². The number of rotatable bonds is 4. The van der Waals surface area contributed by atoms with Crippen LogP contribution in [0.2, 0.25) is 0 Å². The monoisotopic (exact) mass is 399 g/mol. The normalized spacial score (nSPS) is 15.0. The van der Waals surface area contributed by atoms with Crippen LogP contribution in [-0.2, 0) is 10.0 Å². The number of fused-ring (bicyclic) bond motifs is 1. The van der Waals surface area contributed by atoms with Crippen LogP contribution in [0.4, 0.5) is 10.1 Å². The van der Waals surface area contributed by atoms with Gasteiger partial charge in [-0.25, -0.2) is 12.8 Å². The van der Waals surface area contributed by atoms with Crippen molar-refractivity contribution < 1.29 is 17.6 Å². The summed E-state index contributed by atoms with van der Waals surface area (Å²) in [7, 11) is -3.61. The first-order valence-electron chi connectivity index (χ1n) is 8.91. The molecule has 2 aromatic carbocycles. The largest absolute Gasteiger partial charge is 0.321 e. The highest BCUT2D eigenvalue weighted by atomic mass is 32.2. The third-order valence-electron chi connectivity index (χ3n) is 4.77. The summed E-state index contributed by atoms with van der Waals surface area (Å²) >= 11 is 0. The lowest BCUT2D eigenvalue weighted by atomic mass is 10.1. The maximum Gasteiger partial charge on any atom is 0.255 e. The number of pyridine rings is 1. The molecule has 0 radical (unpaired) electrons. The summed E-state index contributed by atoms with van der Waals surface area (Å²) in [6, 6.07) is 12.0. The Morgan fingerprint density at radius 2 is 1.82 bits per heavy atom. The van der Waals surface area contributed by atoms with Crippen LogP contribution in [0.15, 0.2) is 59.6 Å². The van der Waals surface area contributed by atoms with E-state index >= 15 is 0 Å². The first-order valence-corrected chi connectivity index (χ1v) is 10.4. The van der Waals surface area contributed by atoms with Gasteiger partial charge < -0.3 is 5.32 Å². The van der Waals surface area contributed by atoms with Gasteiger partial charge in [-0.05, 0) is 43.2 Å². The molecule has 8 heteroatoms. The lowest BCUT2D eigenvalue weighted by molar-refractivity contribution is 0.102. The Labute approximate surface area is 162 Å². The number of benzene rings is 2. The van der Waals surface area contributed by atoms with Crippen molar-refractivity contribution in [3.8, 4) is 0 Å². The molecule has 6 nitrogen and oxygen atoms in total. The molecule has 28 heavy (non-hydrogen) atoms. The van der Waals surface area contributed by atoms with Gasteiger partial charge in [-0.2, -0.15) is 4.31 Å². The van der Waals surface area contributed by atoms with Crippen LogP contribution in [0.5, 0.6) is 0 Å². The van der Waals surface area contributed by atoms with Crippen LogP contribution in [0, 0.1) is 5.82 Å². The number of aromatic nitrogens is 1. The minimum atomic E-state index is -3.61. The summed E-state index contributed by atoms with van der Waals surface area (Å²) in [5, 5.41) is 3.19. The number of halogens is 1. The summed E-state index contributed by atoms with van der Waals surface area (Å²) in [5.41, 5.74) is 0.773. The van der Waals surface area contributed by atoms with E-state index in [9.17, 15) is 17.6 Å². The summed E-state index contributed by atoms with van der Waals surface area (Å²) in [5.74, 6) is -0.956. The average molecular weight is 399 g/mol. The van der Waals surface area contributed by atoms with Crippen LogP contribution in [-0.4, -0.2) is 36.7 Å². The number of para-hydroxylation sites is 1. The molecular weight excluding hydrogens is 381 g/mol. The zero-order valence-electron chi connectivity index (χ0n) is 14.9. The molecule has 1 aliphatic rings. The molecule has 0 aliphatic carbocycles. The van der Waals surface area contributed by atoms with Crippen LogP contribution in [0.3, 0.4) is 0 Å². The molecule has 2 heterocycles. The number of carbonyl (C=O) groups excluding carboxylic acids is 1. The number of amides is 1. The smallest absolute Gasteiger partial charge is 0.255 e. The standard InChI is InChI=1S/C20H18FN3O3S/c21-17-8-4-7-16-18(9-10-22-19(16)17)23-20(25)14-5-3-6-15(13-14)28(26,27)24-11-1-2-12-24/h3-10,13H,1-2,11-12H2,(H,22,23,25). The number of hydrogen-bond acceptors (Lipinski definition) is 4. The molecule has 1 fully saturated rings. The van der Waals surface area contributed by atoms with Crippen LogP contribution in [0.1, 0.15) is 23.2 Å². The Balaban J connectivity index is 1.64. The molecule has 0 bridgehead atoms. The number of nitrogens with one attached hydrogen (secondary N) is 1. The first kappa shape index (κ1) is 18.5. The second-order valence-electron chi connectivity index (χ2n) is 6.59. The van der Waals surface area contributed by atoms with Crippen LogP contribution in [0.25, 0.3) is 10.9 Å². The Kier molecular flexibility index (Phi) is 4.82. The summed E-state index contributed by atoms with van der Waals surface area (Å²) < 4.78 is 40.8. The van der Waals surface area contributed by atoms with Crippen molar-refractivity contribution in [1.82, 2.24) is 9.29 Å². The molecule has 0 unspecified atom stereocenters. The molecule has 1 N–H and O–H groups in total. The summed E-state index contributed by atoms with van der Waals surface area (Å²) in [6.07, 6.45) is 3.09. The van der Waals surface area contributed by atoms with E-state index in [-0.39, 0.29) is 16.0 Å². The second-order valence-corrected chi connectivity index (χ2v) is 8.53. The SMILES string of the molecule is O=C(Nc1ccnc2c(F)cccc12)c1cccc(S(=O)(=O)N2CCCC2)c1. The molecule has 144 valence electrons. The van der Waals surface area contributed by atoms with Gasteiger partial charge in [0.1, 0.15) is 11.3 Å². The Bertz CT molecular complexity index is 1160. The molecule has 1 saturated heterocycles. The zero-order valence-corrected chi connectivity index (χ0v) is 15.7. The van der Waals surface area contributed by atoms with Gasteiger partial charge in [0.05, 0.1) is 10.6 Å². The zero-order chi connectivity index (χ0) is 19.7. The number of sulfonamides is 1. The van der Waals surface area contributed by atoms with Gasteiger partial charge in [0.25, 0.3) is 5.91 Å². The number of nitrogens with zero attached hydrogens (tertiary/aromatic N) is 2. The van der Waals surface area contributed by atoms with Crippen LogP contribution < -0.4 is 5.32 Å². The summed E-state index contributed by atoms with van der Waals surface area (Å²) in [4.78, 5) is 16.8. The number of carbonyl (C=O) groups is 1. The fraction of sp³-hybridized carbons (Fsp3) is 0.200. The van der Waals surface area contributed by atoms with E-state index in [0.717, 1.165) is 12.8 Å². The minimum absolute atomic E-state index is 0.0904. The maximum atomic E-state index is 13.9. The highest BCUT2D eigenvalue weighted by Crippen LogP contribution is 2.25. The highest BCUT2D eigenvalue weighted by molar-refractivity contribution is 7.89. The molecule has 0 atom stereocenters. The van der Waals surface area contributed by atoms with Crippen molar-refractivity contribution >= 4 is 32.5 Å². The van der Waals surface area contributed by atoms with E-state index in [1.807, 2.05) is 0 Å². The predicted molar refractivity (Wildman–Crippen MR) is 104 cm³/mol. The van der Waals surface area contributed by atoms with Gasteiger partial charge in [0.2, 0.25) is 10.0 Å². The van der Waals surface area contributed by atoms with Crippen LogP contribution >= 0.6 is 0 Å². The molecule has 1 aromatic heterocycles. The second kappa shape index (κ2) is 7.29. The predicted octanol–water partition coefficient (Wildman–Crippen LogP) is 3.41. The third kappa shape index (κ3) is 3.36. The van der Waals surface area contributed by atoms with Crippen molar-refractivity contribution in [3.05, 3.63) is 66.1 Å². The lowest BCUT2D eigenvalue weighted by Crippen LogP contribution is -2.28. The van der Waals surface area contributed by atoms with Gasteiger partial charge in [-0.15, -0.1) is 0 Å². The Morgan fingerprint density at radius 1 is 1.07 bits per heavy atom. The average Bonchev–Trinajstić information content (AvgIpc) is 3.25. The van der Waals surface area contributed by atoms with Gasteiger partial charge in [0.15, 0.2) is 0 Å². The topological polar surface area (TPSA) is 79.4 Å². The molecule has 1 aliphatic heterocycles. The van der Waals surface area contributed by atoms with Crippen molar-refractivity contribution in [1.29, 1.82) is 0 Å². The van der Waals surface area contributed by atoms with E-state index in [2.05, 4.69) is 10.3 Å². The van der Waals surface area contributed by atoms with E-state index in [4.69, 9.17) is 0 Å². The Hall–Kier alpha value is -2.84. The van der Waals surface area contributed by atoms with E-state index < -0.39 is 21.7 Å². The summed E-state index contributed by atoms with van der Waals surface area (Å²) in [6.45, 7) is 0.987. The number of anilines is 1. The van der Waals surface area contributed by atoms with E-state index in [1.165, 1.54) is 34.8 Å². The molecule has 1 amide bonds. The van der Waals surface area contributed by atoms with Gasteiger partial charge >= 0.3 is 0 Å².